The highest BCUT2D eigenvalue weighted by molar-refractivity contribution is 7.89. The van der Waals surface area contributed by atoms with Gasteiger partial charge in [-0.1, -0.05) is 54.1 Å². The molecule has 0 radical (unpaired) electrons. The highest BCUT2D eigenvalue weighted by atomic mass is 35.5. The Balaban J connectivity index is 1.58. The Hall–Kier alpha value is -2.61. The van der Waals surface area contributed by atoms with E-state index >= 15 is 0 Å². The van der Waals surface area contributed by atoms with E-state index in [0.29, 0.717) is 5.75 Å². The first kappa shape index (κ1) is 18.2. The van der Waals surface area contributed by atoms with Crippen molar-refractivity contribution in [1.82, 2.24) is 10.3 Å². The predicted molar refractivity (Wildman–Crippen MR) is 99.4 cm³/mol. The molecule has 0 aromatic heterocycles. The predicted octanol–water partition coefficient (Wildman–Crippen LogP) is 2.88. The number of hydrogen-bond donors (Lipinski definition) is 2. The van der Waals surface area contributed by atoms with Crippen LogP contribution in [0, 0.1) is 0 Å². The van der Waals surface area contributed by atoms with E-state index in [4.69, 9.17) is 16.3 Å². The van der Waals surface area contributed by atoms with Gasteiger partial charge in [0.15, 0.2) is 6.61 Å². The molecular formula is C18H15ClN2O4S. The van der Waals surface area contributed by atoms with Gasteiger partial charge >= 0.3 is 0 Å². The third-order valence-corrected chi connectivity index (χ3v) is 5.29. The molecule has 8 heteroatoms. The van der Waals surface area contributed by atoms with Crippen LogP contribution < -0.4 is 15.0 Å². The van der Waals surface area contributed by atoms with Crippen molar-refractivity contribution in [1.29, 1.82) is 0 Å². The molecular weight excluding hydrogens is 376 g/mol. The SMILES string of the molecule is O=C(COc1ccc2ccccc2c1)NNS(=O)(=O)c1ccccc1Cl. The first-order valence-corrected chi connectivity index (χ1v) is 9.48. The zero-order valence-electron chi connectivity index (χ0n) is 13.5. The van der Waals surface area contributed by atoms with Crippen molar-refractivity contribution in [2.45, 2.75) is 4.90 Å². The number of hydrogen-bond acceptors (Lipinski definition) is 4. The topological polar surface area (TPSA) is 84.5 Å². The van der Waals surface area contributed by atoms with Gasteiger partial charge in [0, 0.05) is 0 Å². The van der Waals surface area contributed by atoms with Gasteiger partial charge in [-0.2, -0.15) is 0 Å². The van der Waals surface area contributed by atoms with Crippen LogP contribution in [0.15, 0.2) is 71.6 Å². The molecule has 0 aliphatic carbocycles. The van der Waals surface area contributed by atoms with Gasteiger partial charge in [0.05, 0.1) is 5.02 Å². The molecule has 6 nitrogen and oxygen atoms in total. The Labute approximate surface area is 155 Å². The third-order valence-electron chi connectivity index (χ3n) is 3.54. The van der Waals surface area contributed by atoms with Crippen molar-refractivity contribution >= 4 is 38.3 Å². The summed E-state index contributed by atoms with van der Waals surface area (Å²) in [6.07, 6.45) is 0. The normalized spacial score (nSPS) is 11.3. The van der Waals surface area contributed by atoms with Crippen molar-refractivity contribution in [3.05, 3.63) is 71.8 Å². The zero-order chi connectivity index (χ0) is 18.6. The molecule has 0 aliphatic heterocycles. The average Bonchev–Trinajstić information content (AvgIpc) is 2.65. The number of carbonyl (C=O) groups is 1. The van der Waals surface area contributed by atoms with Gasteiger partial charge < -0.3 is 4.74 Å². The van der Waals surface area contributed by atoms with Crippen molar-refractivity contribution in [2.75, 3.05) is 6.61 Å². The summed E-state index contributed by atoms with van der Waals surface area (Å²) in [6, 6.07) is 19.1. The molecule has 0 fully saturated rings. The Morgan fingerprint density at radius 1 is 0.962 bits per heavy atom. The second-order valence-corrected chi connectivity index (χ2v) is 7.44. The van der Waals surface area contributed by atoms with Crippen LogP contribution in [0.3, 0.4) is 0 Å². The summed E-state index contributed by atoms with van der Waals surface area (Å²) in [5.74, 6) is -0.137. The quantitative estimate of drug-likeness (QED) is 0.634. The Kier molecular flexibility index (Phi) is 5.41. The monoisotopic (exact) mass is 390 g/mol. The van der Waals surface area contributed by atoms with Gasteiger partial charge in [0.1, 0.15) is 10.6 Å². The molecule has 3 aromatic carbocycles. The molecule has 26 heavy (non-hydrogen) atoms. The van der Waals surface area contributed by atoms with Crippen LogP contribution in [0.25, 0.3) is 10.8 Å². The van der Waals surface area contributed by atoms with E-state index in [9.17, 15) is 13.2 Å². The molecule has 134 valence electrons. The van der Waals surface area contributed by atoms with E-state index < -0.39 is 15.9 Å². The fraction of sp³-hybridized carbons (Fsp3) is 0.0556. The molecule has 2 N–H and O–H groups in total. The Bertz CT molecular complexity index is 1050. The van der Waals surface area contributed by atoms with Crippen molar-refractivity contribution in [3.63, 3.8) is 0 Å². The Morgan fingerprint density at radius 2 is 1.65 bits per heavy atom. The van der Waals surface area contributed by atoms with Gasteiger partial charge in [-0.15, -0.1) is 4.83 Å². The van der Waals surface area contributed by atoms with Gasteiger partial charge in [0.2, 0.25) is 0 Å². The fourth-order valence-corrected chi connectivity index (χ4v) is 3.66. The average molecular weight is 391 g/mol. The van der Waals surface area contributed by atoms with Gasteiger partial charge in [-0.25, -0.2) is 8.42 Å². The third kappa shape index (κ3) is 4.32. The van der Waals surface area contributed by atoms with Crippen LogP contribution in [0.5, 0.6) is 5.75 Å². The summed E-state index contributed by atoms with van der Waals surface area (Å²) in [6.45, 7) is -0.344. The maximum absolute atomic E-state index is 12.1. The first-order chi connectivity index (χ1) is 12.5. The lowest BCUT2D eigenvalue weighted by Gasteiger charge is -2.10. The lowest BCUT2D eigenvalue weighted by Crippen LogP contribution is -2.43. The second kappa shape index (κ2) is 7.74. The summed E-state index contributed by atoms with van der Waals surface area (Å²) < 4.78 is 29.7. The molecule has 0 bridgehead atoms. The molecule has 0 atom stereocenters. The second-order valence-electron chi connectivity index (χ2n) is 5.38. The number of fused-ring (bicyclic) bond motifs is 1. The van der Waals surface area contributed by atoms with Crippen LogP contribution in [0.2, 0.25) is 5.02 Å². The van der Waals surface area contributed by atoms with Gasteiger partial charge in [-0.3, -0.25) is 10.2 Å². The number of carbonyl (C=O) groups excluding carboxylic acids is 1. The van der Waals surface area contributed by atoms with Crippen LogP contribution in [0.4, 0.5) is 0 Å². The van der Waals surface area contributed by atoms with E-state index in [1.807, 2.05) is 35.2 Å². The minimum Gasteiger partial charge on any atom is -0.484 e. The zero-order valence-corrected chi connectivity index (χ0v) is 15.0. The van der Waals surface area contributed by atoms with Crippen LogP contribution >= 0.6 is 11.6 Å². The van der Waals surface area contributed by atoms with E-state index in [1.54, 1.807) is 18.2 Å². The molecule has 0 saturated carbocycles. The summed E-state index contributed by atoms with van der Waals surface area (Å²) in [5, 5.41) is 2.09. The number of nitrogens with one attached hydrogen (secondary N) is 2. The molecule has 3 rings (SSSR count). The lowest BCUT2D eigenvalue weighted by molar-refractivity contribution is -0.123. The highest BCUT2D eigenvalue weighted by Gasteiger charge is 2.18. The lowest BCUT2D eigenvalue weighted by atomic mass is 10.1. The summed E-state index contributed by atoms with van der Waals surface area (Å²) in [4.78, 5) is 13.7. The number of sulfonamides is 1. The molecule has 1 amide bonds. The van der Waals surface area contributed by atoms with Crippen molar-refractivity contribution in [2.24, 2.45) is 0 Å². The number of amides is 1. The fourth-order valence-electron chi connectivity index (χ4n) is 2.28. The number of hydrazine groups is 1. The first-order valence-electron chi connectivity index (χ1n) is 7.62. The number of ether oxygens (including phenoxy) is 1. The van der Waals surface area contributed by atoms with Gasteiger partial charge in [-0.05, 0) is 35.0 Å². The summed E-state index contributed by atoms with van der Waals surface area (Å²) >= 11 is 5.86. The molecule has 3 aromatic rings. The molecule has 0 spiro atoms. The molecule has 0 heterocycles. The maximum Gasteiger partial charge on any atom is 0.272 e. The molecule has 0 saturated heterocycles. The van der Waals surface area contributed by atoms with E-state index in [-0.39, 0.29) is 16.5 Å². The summed E-state index contributed by atoms with van der Waals surface area (Å²) in [7, 11) is -3.97. The number of halogens is 1. The number of benzene rings is 3. The van der Waals surface area contributed by atoms with E-state index in [1.165, 1.54) is 18.2 Å². The highest BCUT2D eigenvalue weighted by Crippen LogP contribution is 2.21. The Morgan fingerprint density at radius 3 is 2.42 bits per heavy atom. The van der Waals surface area contributed by atoms with E-state index in [2.05, 4.69) is 5.43 Å². The van der Waals surface area contributed by atoms with Crippen molar-refractivity contribution < 1.29 is 17.9 Å². The van der Waals surface area contributed by atoms with Crippen LogP contribution in [0.1, 0.15) is 0 Å². The minimum absolute atomic E-state index is 0.0571. The molecule has 0 unspecified atom stereocenters. The van der Waals surface area contributed by atoms with Crippen LogP contribution in [-0.2, 0) is 14.8 Å². The summed E-state index contributed by atoms with van der Waals surface area (Å²) in [5.41, 5.74) is 2.10. The standard InChI is InChI=1S/C18H15ClN2O4S/c19-16-7-3-4-8-17(16)26(23,24)21-20-18(22)12-25-15-10-9-13-5-1-2-6-14(13)11-15/h1-11,21H,12H2,(H,20,22). The largest absolute Gasteiger partial charge is 0.484 e. The molecule has 0 aliphatic rings. The van der Waals surface area contributed by atoms with Crippen LogP contribution in [-0.4, -0.2) is 20.9 Å². The number of rotatable bonds is 6. The van der Waals surface area contributed by atoms with Gasteiger partial charge in [0.25, 0.3) is 15.9 Å². The maximum atomic E-state index is 12.1. The minimum atomic E-state index is -3.97. The van der Waals surface area contributed by atoms with Crippen molar-refractivity contribution in [3.8, 4) is 5.75 Å². The van der Waals surface area contributed by atoms with E-state index in [0.717, 1.165) is 10.8 Å². The smallest absolute Gasteiger partial charge is 0.272 e.